The molecule has 0 saturated carbocycles. The smallest absolute Gasteiger partial charge is 0.234 e. The summed E-state index contributed by atoms with van der Waals surface area (Å²) in [5, 5.41) is 3.07. The highest BCUT2D eigenvalue weighted by Crippen LogP contribution is 2.13. The fourth-order valence-corrected chi connectivity index (χ4v) is 3.60. The molecule has 1 aliphatic rings. The number of benzene rings is 2. The first-order chi connectivity index (χ1) is 13.6. The van der Waals surface area contributed by atoms with Gasteiger partial charge in [0.15, 0.2) is 0 Å². The fraction of sp³-hybridized carbons (Fsp3) is 0.409. The maximum atomic E-state index is 12.4. The quantitative estimate of drug-likeness (QED) is 0.677. The number of amides is 1. The van der Waals surface area contributed by atoms with Crippen molar-refractivity contribution < 1.29 is 9.53 Å². The first-order valence-corrected chi connectivity index (χ1v) is 10.5. The predicted octanol–water partition coefficient (Wildman–Crippen LogP) is 3.03. The Morgan fingerprint density at radius 1 is 1.11 bits per heavy atom. The average molecular weight is 446 g/mol. The number of hydrogen-bond donors (Lipinski definition) is 1. The van der Waals surface area contributed by atoms with Gasteiger partial charge in [0.05, 0.1) is 19.8 Å². The fourth-order valence-electron chi connectivity index (χ4n) is 3.34. The zero-order valence-corrected chi connectivity index (χ0v) is 18.0. The molecule has 2 aromatic rings. The van der Waals surface area contributed by atoms with E-state index in [-0.39, 0.29) is 5.91 Å². The number of morpholine rings is 1. The minimum absolute atomic E-state index is 0.0424. The second kappa shape index (κ2) is 10.7. The SMILES string of the molecule is CN(CC(=O)NCc1ccccc1CN1CCOCC1)Cc1ccc(Br)cc1. The van der Waals surface area contributed by atoms with E-state index in [2.05, 4.69) is 56.5 Å². The summed E-state index contributed by atoms with van der Waals surface area (Å²) in [5.74, 6) is 0.0424. The van der Waals surface area contributed by atoms with Gasteiger partial charge in [-0.2, -0.15) is 0 Å². The van der Waals surface area contributed by atoms with Gasteiger partial charge in [-0.15, -0.1) is 0 Å². The molecule has 0 radical (unpaired) electrons. The van der Waals surface area contributed by atoms with Crippen molar-refractivity contribution in [1.82, 2.24) is 15.1 Å². The molecular formula is C22H28BrN3O2. The molecule has 5 nitrogen and oxygen atoms in total. The summed E-state index contributed by atoms with van der Waals surface area (Å²) >= 11 is 3.44. The molecule has 1 heterocycles. The van der Waals surface area contributed by atoms with Crippen molar-refractivity contribution in [3.8, 4) is 0 Å². The second-order valence-electron chi connectivity index (χ2n) is 7.23. The van der Waals surface area contributed by atoms with Crippen LogP contribution >= 0.6 is 15.9 Å². The van der Waals surface area contributed by atoms with Crippen LogP contribution in [0.25, 0.3) is 0 Å². The first kappa shape index (κ1) is 21.0. The van der Waals surface area contributed by atoms with Crippen LogP contribution in [-0.4, -0.2) is 55.6 Å². The third-order valence-corrected chi connectivity index (χ3v) is 5.40. The maximum absolute atomic E-state index is 12.4. The summed E-state index contributed by atoms with van der Waals surface area (Å²) in [6, 6.07) is 16.5. The number of carbonyl (C=O) groups is 1. The summed E-state index contributed by atoms with van der Waals surface area (Å²) in [7, 11) is 1.97. The lowest BCUT2D eigenvalue weighted by molar-refractivity contribution is -0.122. The largest absolute Gasteiger partial charge is 0.379 e. The molecule has 0 aromatic heterocycles. The minimum atomic E-state index is 0.0424. The van der Waals surface area contributed by atoms with Gasteiger partial charge in [-0.05, 0) is 35.9 Å². The highest BCUT2D eigenvalue weighted by molar-refractivity contribution is 9.10. The molecule has 6 heteroatoms. The van der Waals surface area contributed by atoms with Crippen molar-refractivity contribution in [2.24, 2.45) is 0 Å². The van der Waals surface area contributed by atoms with Crippen molar-refractivity contribution in [3.63, 3.8) is 0 Å². The average Bonchev–Trinajstić information content (AvgIpc) is 2.70. The van der Waals surface area contributed by atoms with Gasteiger partial charge in [-0.25, -0.2) is 0 Å². The highest BCUT2D eigenvalue weighted by Gasteiger charge is 2.13. The normalized spacial score (nSPS) is 15.0. The van der Waals surface area contributed by atoms with Gasteiger partial charge in [-0.1, -0.05) is 52.3 Å². The molecule has 2 aromatic carbocycles. The number of ether oxygens (including phenoxy) is 1. The van der Waals surface area contributed by atoms with E-state index in [0.717, 1.165) is 43.9 Å². The van der Waals surface area contributed by atoms with Crippen molar-refractivity contribution in [2.75, 3.05) is 39.9 Å². The van der Waals surface area contributed by atoms with Gasteiger partial charge in [0, 0.05) is 37.2 Å². The van der Waals surface area contributed by atoms with Crippen LogP contribution < -0.4 is 5.32 Å². The topological polar surface area (TPSA) is 44.8 Å². The van der Waals surface area contributed by atoms with E-state index < -0.39 is 0 Å². The number of carbonyl (C=O) groups excluding carboxylic acids is 1. The van der Waals surface area contributed by atoms with E-state index in [4.69, 9.17) is 4.74 Å². The van der Waals surface area contributed by atoms with Crippen LogP contribution in [0.15, 0.2) is 53.0 Å². The standard InChI is InChI=1S/C22H28BrN3O2/c1-25(15-18-6-8-21(23)9-7-18)17-22(27)24-14-19-4-2-3-5-20(19)16-26-10-12-28-13-11-26/h2-9H,10-17H2,1H3,(H,24,27). The van der Waals surface area contributed by atoms with Crippen LogP contribution in [0.2, 0.25) is 0 Å². The zero-order chi connectivity index (χ0) is 19.8. The molecule has 28 heavy (non-hydrogen) atoms. The van der Waals surface area contributed by atoms with E-state index in [1.807, 2.05) is 30.1 Å². The van der Waals surface area contributed by atoms with Gasteiger partial charge in [0.25, 0.3) is 0 Å². The number of halogens is 1. The Bertz CT molecular complexity index is 761. The van der Waals surface area contributed by atoms with Crippen LogP contribution in [0.1, 0.15) is 16.7 Å². The van der Waals surface area contributed by atoms with E-state index in [9.17, 15) is 4.79 Å². The van der Waals surface area contributed by atoms with Crippen molar-refractivity contribution in [2.45, 2.75) is 19.6 Å². The molecule has 0 atom stereocenters. The summed E-state index contributed by atoms with van der Waals surface area (Å²) in [5.41, 5.74) is 3.64. The number of nitrogens with zero attached hydrogens (tertiary/aromatic N) is 2. The highest BCUT2D eigenvalue weighted by atomic mass is 79.9. The van der Waals surface area contributed by atoms with Gasteiger partial charge in [0.1, 0.15) is 0 Å². The first-order valence-electron chi connectivity index (χ1n) is 9.67. The molecule has 0 spiro atoms. The Morgan fingerprint density at radius 2 is 1.79 bits per heavy atom. The summed E-state index contributed by atoms with van der Waals surface area (Å²) in [6.07, 6.45) is 0. The van der Waals surface area contributed by atoms with E-state index in [1.54, 1.807) is 0 Å². The van der Waals surface area contributed by atoms with E-state index in [1.165, 1.54) is 16.7 Å². The van der Waals surface area contributed by atoms with Gasteiger partial charge >= 0.3 is 0 Å². The molecule has 1 aliphatic heterocycles. The van der Waals surface area contributed by atoms with Gasteiger partial charge in [0.2, 0.25) is 5.91 Å². The molecule has 0 aliphatic carbocycles. The van der Waals surface area contributed by atoms with Crippen LogP contribution in [-0.2, 0) is 29.2 Å². The van der Waals surface area contributed by atoms with Crippen LogP contribution in [0.5, 0.6) is 0 Å². The van der Waals surface area contributed by atoms with Gasteiger partial charge < -0.3 is 10.1 Å². The van der Waals surface area contributed by atoms with E-state index >= 15 is 0 Å². The van der Waals surface area contributed by atoms with Gasteiger partial charge in [-0.3, -0.25) is 14.6 Å². The number of nitrogens with one attached hydrogen (secondary N) is 1. The lowest BCUT2D eigenvalue weighted by Gasteiger charge is -2.27. The molecule has 0 bridgehead atoms. The van der Waals surface area contributed by atoms with Crippen LogP contribution in [0, 0.1) is 0 Å². The number of hydrogen-bond acceptors (Lipinski definition) is 4. The molecule has 1 N–H and O–H groups in total. The monoisotopic (exact) mass is 445 g/mol. The second-order valence-corrected chi connectivity index (χ2v) is 8.15. The maximum Gasteiger partial charge on any atom is 0.234 e. The lowest BCUT2D eigenvalue weighted by atomic mass is 10.1. The van der Waals surface area contributed by atoms with E-state index in [0.29, 0.717) is 13.1 Å². The summed E-state index contributed by atoms with van der Waals surface area (Å²) in [6.45, 7) is 6.09. The molecule has 1 fully saturated rings. The molecule has 1 amide bonds. The molecule has 150 valence electrons. The predicted molar refractivity (Wildman–Crippen MR) is 115 cm³/mol. The number of likely N-dealkylation sites (N-methyl/N-ethyl adjacent to an activating group) is 1. The zero-order valence-electron chi connectivity index (χ0n) is 16.4. The lowest BCUT2D eigenvalue weighted by Crippen LogP contribution is -2.36. The van der Waals surface area contributed by atoms with Crippen molar-refractivity contribution in [3.05, 3.63) is 69.7 Å². The minimum Gasteiger partial charge on any atom is -0.379 e. The Hall–Kier alpha value is -1.73. The van der Waals surface area contributed by atoms with Crippen molar-refractivity contribution in [1.29, 1.82) is 0 Å². The Morgan fingerprint density at radius 3 is 2.50 bits per heavy atom. The summed E-state index contributed by atoms with van der Waals surface area (Å²) in [4.78, 5) is 16.8. The van der Waals surface area contributed by atoms with Crippen molar-refractivity contribution >= 4 is 21.8 Å². The molecule has 0 unspecified atom stereocenters. The third-order valence-electron chi connectivity index (χ3n) is 4.87. The molecular weight excluding hydrogens is 418 g/mol. The Kier molecular flexibility index (Phi) is 8.03. The third kappa shape index (κ3) is 6.71. The summed E-state index contributed by atoms with van der Waals surface area (Å²) < 4.78 is 6.49. The van der Waals surface area contributed by atoms with Crippen LogP contribution in [0.4, 0.5) is 0 Å². The Labute approximate surface area is 175 Å². The molecule has 3 rings (SSSR count). The number of rotatable bonds is 8. The Balaban J connectivity index is 1.48. The molecule has 1 saturated heterocycles. The van der Waals surface area contributed by atoms with Crippen LogP contribution in [0.3, 0.4) is 0 Å².